The van der Waals surface area contributed by atoms with E-state index in [4.69, 9.17) is 17.0 Å². The van der Waals surface area contributed by atoms with Crippen LogP contribution in [0.1, 0.15) is 39.0 Å². The zero-order chi connectivity index (χ0) is 14.9. The minimum Gasteiger partial charge on any atom is -0.379 e. The molecule has 5 nitrogen and oxygen atoms in total. The average Bonchev–Trinajstić information content (AvgIpc) is 2.75. The van der Waals surface area contributed by atoms with Crippen molar-refractivity contribution in [3.05, 3.63) is 0 Å². The molecule has 1 saturated carbocycles. The number of carbonyl (C=O) groups is 1. The molecule has 1 aliphatic carbocycles. The molecule has 1 atom stereocenters. The van der Waals surface area contributed by atoms with E-state index in [9.17, 15) is 4.79 Å². The summed E-state index contributed by atoms with van der Waals surface area (Å²) in [6.45, 7) is 6.16. The van der Waals surface area contributed by atoms with Gasteiger partial charge in [-0.25, -0.2) is 0 Å². The molecule has 0 aromatic heterocycles. The fourth-order valence-corrected chi connectivity index (χ4v) is 4.26. The molecular formula is C15H25N3O2S. The third kappa shape index (κ3) is 2.94. The van der Waals surface area contributed by atoms with Crippen molar-refractivity contribution in [3.8, 4) is 0 Å². The molecular weight excluding hydrogens is 286 g/mol. The fraction of sp³-hybridized carbons (Fsp3) is 0.867. The molecule has 0 aromatic carbocycles. The molecule has 3 aliphatic rings. The summed E-state index contributed by atoms with van der Waals surface area (Å²) in [5.74, 6) is 0.123. The van der Waals surface area contributed by atoms with Gasteiger partial charge in [-0.2, -0.15) is 0 Å². The van der Waals surface area contributed by atoms with E-state index in [1.54, 1.807) is 4.90 Å². The highest BCUT2D eigenvalue weighted by Crippen LogP contribution is 2.35. The first-order valence-electron chi connectivity index (χ1n) is 8.07. The number of hydrogen-bond donors (Lipinski definition) is 1. The van der Waals surface area contributed by atoms with E-state index in [1.807, 2.05) is 6.92 Å². The van der Waals surface area contributed by atoms with Gasteiger partial charge in [0.25, 0.3) is 5.91 Å². The van der Waals surface area contributed by atoms with E-state index in [0.717, 1.165) is 45.7 Å². The van der Waals surface area contributed by atoms with Crippen molar-refractivity contribution in [1.29, 1.82) is 0 Å². The molecule has 2 aliphatic heterocycles. The standard InChI is InChI=1S/C15H25N3O2S/c1-12-13(19)18(14(21)16-12)11-15(5-3-2-4-6-15)17-7-9-20-10-8-17/h12H,2-11H2,1H3,(H,16,21)/t12-/m1/s1. The Morgan fingerprint density at radius 3 is 2.52 bits per heavy atom. The number of nitrogens with one attached hydrogen (secondary N) is 1. The summed E-state index contributed by atoms with van der Waals surface area (Å²) in [5, 5.41) is 3.69. The summed E-state index contributed by atoms with van der Waals surface area (Å²) in [6, 6.07) is -0.178. The molecule has 118 valence electrons. The molecule has 0 unspecified atom stereocenters. The van der Waals surface area contributed by atoms with Crippen LogP contribution < -0.4 is 5.32 Å². The second-order valence-corrected chi connectivity index (χ2v) is 6.87. The Morgan fingerprint density at radius 1 is 1.29 bits per heavy atom. The van der Waals surface area contributed by atoms with Gasteiger partial charge in [0.05, 0.1) is 13.2 Å². The van der Waals surface area contributed by atoms with Gasteiger partial charge >= 0.3 is 0 Å². The van der Waals surface area contributed by atoms with Gasteiger partial charge < -0.3 is 10.1 Å². The Balaban J connectivity index is 1.79. The van der Waals surface area contributed by atoms with E-state index in [1.165, 1.54) is 19.3 Å². The Morgan fingerprint density at radius 2 is 1.95 bits per heavy atom. The number of nitrogens with zero attached hydrogens (tertiary/aromatic N) is 2. The molecule has 0 aromatic rings. The van der Waals surface area contributed by atoms with E-state index in [2.05, 4.69) is 10.2 Å². The smallest absolute Gasteiger partial charge is 0.251 e. The summed E-state index contributed by atoms with van der Waals surface area (Å²) in [6.07, 6.45) is 6.12. The molecule has 2 heterocycles. The maximum atomic E-state index is 12.3. The van der Waals surface area contributed by atoms with Crippen molar-refractivity contribution in [2.24, 2.45) is 0 Å². The van der Waals surface area contributed by atoms with Crippen molar-refractivity contribution in [1.82, 2.24) is 15.1 Å². The van der Waals surface area contributed by atoms with Crippen LogP contribution in [0.3, 0.4) is 0 Å². The fourth-order valence-electron chi connectivity index (χ4n) is 3.92. The summed E-state index contributed by atoms with van der Waals surface area (Å²) in [4.78, 5) is 16.7. The van der Waals surface area contributed by atoms with Crippen molar-refractivity contribution in [3.63, 3.8) is 0 Å². The lowest BCUT2D eigenvalue weighted by Gasteiger charge is -2.49. The predicted octanol–water partition coefficient (Wildman–Crippen LogP) is 1.13. The molecule has 0 radical (unpaired) electrons. The monoisotopic (exact) mass is 311 g/mol. The maximum Gasteiger partial charge on any atom is 0.251 e. The minimum absolute atomic E-state index is 0.0908. The Kier molecular flexibility index (Phi) is 4.47. The molecule has 3 rings (SSSR count). The van der Waals surface area contributed by atoms with Crippen molar-refractivity contribution in [2.75, 3.05) is 32.8 Å². The van der Waals surface area contributed by atoms with Crippen molar-refractivity contribution < 1.29 is 9.53 Å². The predicted molar refractivity (Wildman–Crippen MR) is 85.1 cm³/mol. The van der Waals surface area contributed by atoms with Crippen LogP contribution in [0.15, 0.2) is 0 Å². The number of ether oxygens (including phenoxy) is 1. The summed E-state index contributed by atoms with van der Waals surface area (Å²) in [5.41, 5.74) is 0.0908. The van der Waals surface area contributed by atoms with E-state index in [0.29, 0.717) is 5.11 Å². The average molecular weight is 311 g/mol. The second kappa shape index (κ2) is 6.18. The quantitative estimate of drug-likeness (QED) is 0.792. The van der Waals surface area contributed by atoms with Gasteiger partial charge in [0.1, 0.15) is 6.04 Å². The maximum absolute atomic E-state index is 12.3. The van der Waals surface area contributed by atoms with Gasteiger partial charge in [-0.3, -0.25) is 14.6 Å². The van der Waals surface area contributed by atoms with Crippen molar-refractivity contribution >= 4 is 23.2 Å². The van der Waals surface area contributed by atoms with Crippen LogP contribution in [-0.4, -0.2) is 65.2 Å². The van der Waals surface area contributed by atoms with Crippen LogP contribution in [-0.2, 0) is 9.53 Å². The molecule has 2 saturated heterocycles. The Bertz CT molecular complexity index is 417. The highest BCUT2D eigenvalue weighted by atomic mass is 32.1. The van der Waals surface area contributed by atoms with Gasteiger partial charge in [0.2, 0.25) is 0 Å². The van der Waals surface area contributed by atoms with E-state index >= 15 is 0 Å². The zero-order valence-corrected chi connectivity index (χ0v) is 13.6. The number of rotatable bonds is 3. The van der Waals surface area contributed by atoms with Crippen LogP contribution in [0.25, 0.3) is 0 Å². The van der Waals surface area contributed by atoms with E-state index < -0.39 is 0 Å². The van der Waals surface area contributed by atoms with Gasteiger partial charge in [-0.15, -0.1) is 0 Å². The highest BCUT2D eigenvalue weighted by Gasteiger charge is 2.44. The third-order valence-electron chi connectivity index (χ3n) is 5.14. The molecule has 6 heteroatoms. The first kappa shape index (κ1) is 15.2. The molecule has 0 bridgehead atoms. The van der Waals surface area contributed by atoms with Crippen LogP contribution >= 0.6 is 12.2 Å². The van der Waals surface area contributed by atoms with Crippen LogP contribution in [0.4, 0.5) is 0 Å². The van der Waals surface area contributed by atoms with E-state index in [-0.39, 0.29) is 17.5 Å². The molecule has 1 amide bonds. The van der Waals surface area contributed by atoms with Gasteiger partial charge in [-0.1, -0.05) is 19.3 Å². The van der Waals surface area contributed by atoms with Crippen LogP contribution in [0.5, 0.6) is 0 Å². The Labute approximate surface area is 132 Å². The lowest BCUT2D eigenvalue weighted by atomic mass is 9.79. The summed E-state index contributed by atoms with van der Waals surface area (Å²) < 4.78 is 5.50. The van der Waals surface area contributed by atoms with Gasteiger partial charge in [0.15, 0.2) is 5.11 Å². The first-order chi connectivity index (χ1) is 10.1. The number of carbonyl (C=O) groups excluding carboxylic acids is 1. The van der Waals surface area contributed by atoms with Crippen LogP contribution in [0, 0.1) is 0 Å². The highest BCUT2D eigenvalue weighted by molar-refractivity contribution is 7.80. The zero-order valence-electron chi connectivity index (χ0n) is 12.8. The molecule has 21 heavy (non-hydrogen) atoms. The molecule has 1 N–H and O–H groups in total. The number of morpholine rings is 1. The summed E-state index contributed by atoms with van der Waals surface area (Å²) >= 11 is 5.36. The van der Waals surface area contributed by atoms with Gasteiger partial charge in [0, 0.05) is 25.2 Å². The number of thiocarbonyl (C=S) groups is 1. The molecule has 0 spiro atoms. The summed E-state index contributed by atoms with van der Waals surface area (Å²) in [7, 11) is 0. The largest absolute Gasteiger partial charge is 0.379 e. The van der Waals surface area contributed by atoms with Crippen LogP contribution in [0.2, 0.25) is 0 Å². The second-order valence-electron chi connectivity index (χ2n) is 6.48. The third-order valence-corrected chi connectivity index (χ3v) is 5.48. The van der Waals surface area contributed by atoms with Gasteiger partial charge in [-0.05, 0) is 32.0 Å². The molecule has 3 fully saturated rings. The number of amides is 1. The topological polar surface area (TPSA) is 44.8 Å². The van der Waals surface area contributed by atoms with Crippen molar-refractivity contribution in [2.45, 2.75) is 50.6 Å². The Hall–Kier alpha value is -0.720. The normalized spacial score (nSPS) is 30.5. The SMILES string of the molecule is C[C@H]1NC(=S)N(CC2(N3CCOCC3)CCCCC2)C1=O. The lowest BCUT2D eigenvalue weighted by Crippen LogP contribution is -2.60. The minimum atomic E-state index is -0.178. The number of hydrogen-bond acceptors (Lipinski definition) is 4. The first-order valence-corrected chi connectivity index (χ1v) is 8.48. The lowest BCUT2D eigenvalue weighted by molar-refractivity contribution is -0.129.